The van der Waals surface area contributed by atoms with Crippen molar-refractivity contribution in [2.45, 2.75) is 65.2 Å². The van der Waals surface area contributed by atoms with Crippen molar-refractivity contribution < 1.29 is 9.90 Å². The zero-order valence-corrected chi connectivity index (χ0v) is 17.3. The van der Waals surface area contributed by atoms with E-state index in [0.717, 1.165) is 11.1 Å². The summed E-state index contributed by atoms with van der Waals surface area (Å²) < 4.78 is 0. The lowest BCUT2D eigenvalue weighted by atomic mass is 9.63. The number of allylic oxidation sites excluding steroid dienone is 1. The van der Waals surface area contributed by atoms with Crippen LogP contribution in [0.1, 0.15) is 85.6 Å². The Hall–Kier alpha value is -2.35. The van der Waals surface area contributed by atoms with E-state index >= 15 is 0 Å². The van der Waals surface area contributed by atoms with Crippen LogP contribution in [0.2, 0.25) is 0 Å². The molecule has 0 saturated heterocycles. The molecule has 0 unspecified atom stereocenters. The summed E-state index contributed by atoms with van der Waals surface area (Å²) in [5, 5.41) is 9.15. The van der Waals surface area contributed by atoms with Gasteiger partial charge in [-0.05, 0) is 83.0 Å². The van der Waals surface area contributed by atoms with Gasteiger partial charge in [-0.15, -0.1) is 0 Å². The van der Waals surface area contributed by atoms with Crippen LogP contribution in [-0.2, 0) is 10.8 Å². The third-order valence-corrected chi connectivity index (χ3v) is 6.20. The Bertz CT molecular complexity index is 929. The van der Waals surface area contributed by atoms with Gasteiger partial charge in [0.05, 0.1) is 5.56 Å². The Morgan fingerprint density at radius 3 is 2.11 bits per heavy atom. The lowest BCUT2D eigenvalue weighted by Gasteiger charge is -2.42. The highest BCUT2D eigenvalue weighted by molar-refractivity contribution is 5.89. The minimum absolute atomic E-state index is 0.195. The molecule has 27 heavy (non-hydrogen) atoms. The molecule has 0 atom stereocenters. The number of rotatable bonds is 3. The molecule has 0 fully saturated rings. The molecule has 2 aromatic carbocycles. The Balaban J connectivity index is 2.02. The van der Waals surface area contributed by atoms with Crippen molar-refractivity contribution >= 4 is 17.6 Å². The molecule has 0 radical (unpaired) electrons. The summed E-state index contributed by atoms with van der Waals surface area (Å²) in [7, 11) is 0. The summed E-state index contributed by atoms with van der Waals surface area (Å²) in [6.45, 7) is 13.5. The Morgan fingerprint density at radius 1 is 0.926 bits per heavy atom. The first kappa shape index (κ1) is 19.4. The van der Waals surface area contributed by atoms with Gasteiger partial charge >= 0.3 is 5.97 Å². The first-order chi connectivity index (χ1) is 12.5. The fraction of sp³-hybridized carbons (Fsp3) is 0.400. The zero-order valence-electron chi connectivity index (χ0n) is 17.3. The average molecular weight is 363 g/mol. The predicted molar refractivity (Wildman–Crippen MR) is 113 cm³/mol. The van der Waals surface area contributed by atoms with Crippen molar-refractivity contribution in [3.63, 3.8) is 0 Å². The molecule has 1 N–H and O–H groups in total. The van der Waals surface area contributed by atoms with E-state index in [9.17, 15) is 4.79 Å². The van der Waals surface area contributed by atoms with Gasteiger partial charge in [0, 0.05) is 0 Å². The highest BCUT2D eigenvalue weighted by Crippen LogP contribution is 2.46. The molecule has 142 valence electrons. The minimum atomic E-state index is -0.884. The van der Waals surface area contributed by atoms with E-state index in [0.29, 0.717) is 5.56 Å². The molecule has 0 heterocycles. The van der Waals surface area contributed by atoms with Crippen LogP contribution in [0.3, 0.4) is 0 Å². The number of carboxylic acids is 1. The fourth-order valence-electron chi connectivity index (χ4n) is 4.12. The molecule has 1 aliphatic rings. The van der Waals surface area contributed by atoms with Gasteiger partial charge < -0.3 is 5.11 Å². The van der Waals surface area contributed by atoms with Crippen molar-refractivity contribution in [1.82, 2.24) is 0 Å². The lowest BCUT2D eigenvalue weighted by Crippen LogP contribution is -2.33. The van der Waals surface area contributed by atoms with Gasteiger partial charge in [-0.3, -0.25) is 0 Å². The van der Waals surface area contributed by atoms with E-state index in [1.165, 1.54) is 35.1 Å². The van der Waals surface area contributed by atoms with Crippen molar-refractivity contribution in [3.05, 3.63) is 69.8 Å². The van der Waals surface area contributed by atoms with Crippen LogP contribution in [0, 0.1) is 6.92 Å². The van der Waals surface area contributed by atoms with E-state index in [-0.39, 0.29) is 10.8 Å². The average Bonchev–Trinajstić information content (AvgIpc) is 2.60. The number of fused-ring (bicyclic) bond motifs is 1. The second kappa shape index (κ2) is 6.67. The molecular formula is C25H30O2. The standard InChI is InChI=1S/C25H30O2/c1-16(13-18-7-8-20(23(26)27)14-17(18)2)19-9-10-21-22(15-19)25(5,6)12-11-24(21,3)4/h7-10,13-15H,11-12H2,1-6H3,(H,26,27)/b16-13+. The highest BCUT2D eigenvalue weighted by Gasteiger charge is 2.36. The maximum atomic E-state index is 11.1. The van der Waals surface area contributed by atoms with Crippen molar-refractivity contribution in [1.29, 1.82) is 0 Å². The molecule has 0 bridgehead atoms. The summed E-state index contributed by atoms with van der Waals surface area (Å²) in [5.41, 5.74) is 8.16. The van der Waals surface area contributed by atoms with Gasteiger partial charge in [0.15, 0.2) is 0 Å². The Morgan fingerprint density at radius 2 is 1.52 bits per heavy atom. The van der Waals surface area contributed by atoms with Crippen LogP contribution in [0.15, 0.2) is 36.4 Å². The van der Waals surface area contributed by atoms with E-state index in [1.54, 1.807) is 12.1 Å². The maximum absolute atomic E-state index is 11.1. The quantitative estimate of drug-likeness (QED) is 0.624. The Labute approximate surface area is 162 Å². The third-order valence-electron chi connectivity index (χ3n) is 6.20. The van der Waals surface area contributed by atoms with Crippen molar-refractivity contribution in [2.75, 3.05) is 0 Å². The predicted octanol–water partition coefficient (Wildman–Crippen LogP) is 6.60. The molecule has 2 aromatic rings. The number of hydrogen-bond donors (Lipinski definition) is 1. The van der Waals surface area contributed by atoms with Crippen LogP contribution < -0.4 is 0 Å². The summed E-state index contributed by atoms with van der Waals surface area (Å²) in [5.74, 6) is -0.884. The monoisotopic (exact) mass is 362 g/mol. The van der Waals surface area contributed by atoms with Gasteiger partial charge in [-0.1, -0.05) is 58.0 Å². The summed E-state index contributed by atoms with van der Waals surface area (Å²) in [4.78, 5) is 11.1. The van der Waals surface area contributed by atoms with Gasteiger partial charge in [0.1, 0.15) is 0 Å². The molecule has 3 rings (SSSR count). The largest absolute Gasteiger partial charge is 0.478 e. The third kappa shape index (κ3) is 3.71. The molecule has 0 amide bonds. The smallest absolute Gasteiger partial charge is 0.335 e. The fourth-order valence-corrected chi connectivity index (χ4v) is 4.12. The van der Waals surface area contributed by atoms with E-state index in [4.69, 9.17) is 5.11 Å². The molecule has 2 nitrogen and oxygen atoms in total. The summed E-state index contributed by atoms with van der Waals surface area (Å²) in [6, 6.07) is 12.2. The second-order valence-corrected chi connectivity index (χ2v) is 9.23. The topological polar surface area (TPSA) is 37.3 Å². The van der Waals surface area contributed by atoms with Crippen LogP contribution >= 0.6 is 0 Å². The Kier molecular flexibility index (Phi) is 4.80. The first-order valence-electron chi connectivity index (χ1n) is 9.69. The maximum Gasteiger partial charge on any atom is 0.335 e. The van der Waals surface area contributed by atoms with Gasteiger partial charge in [-0.2, -0.15) is 0 Å². The number of benzene rings is 2. The van der Waals surface area contributed by atoms with E-state index in [1.807, 2.05) is 13.0 Å². The van der Waals surface area contributed by atoms with E-state index in [2.05, 4.69) is 58.9 Å². The number of aromatic carboxylic acids is 1. The van der Waals surface area contributed by atoms with Crippen LogP contribution in [-0.4, -0.2) is 11.1 Å². The second-order valence-electron chi connectivity index (χ2n) is 9.23. The summed E-state index contributed by atoms with van der Waals surface area (Å²) in [6.07, 6.45) is 4.58. The molecule has 0 aromatic heterocycles. The molecule has 0 spiro atoms. The van der Waals surface area contributed by atoms with Gasteiger partial charge in [0.2, 0.25) is 0 Å². The van der Waals surface area contributed by atoms with E-state index < -0.39 is 5.97 Å². The molecule has 0 aliphatic heterocycles. The lowest BCUT2D eigenvalue weighted by molar-refractivity contribution is 0.0697. The van der Waals surface area contributed by atoms with Crippen LogP contribution in [0.25, 0.3) is 11.6 Å². The zero-order chi connectivity index (χ0) is 20.0. The molecule has 0 saturated carbocycles. The molecule has 2 heteroatoms. The number of aryl methyl sites for hydroxylation is 1. The number of carboxylic acid groups (broad SMARTS) is 1. The molecular weight excluding hydrogens is 332 g/mol. The van der Waals surface area contributed by atoms with Crippen molar-refractivity contribution in [3.8, 4) is 0 Å². The van der Waals surface area contributed by atoms with Gasteiger partial charge in [-0.25, -0.2) is 4.79 Å². The first-order valence-corrected chi connectivity index (χ1v) is 9.69. The number of hydrogen-bond acceptors (Lipinski definition) is 1. The number of carbonyl (C=O) groups is 1. The van der Waals surface area contributed by atoms with Gasteiger partial charge in [0.25, 0.3) is 0 Å². The summed E-state index contributed by atoms with van der Waals surface area (Å²) >= 11 is 0. The normalized spacial score (nSPS) is 18.1. The molecule has 1 aliphatic carbocycles. The van der Waals surface area contributed by atoms with Crippen molar-refractivity contribution in [2.24, 2.45) is 0 Å². The minimum Gasteiger partial charge on any atom is -0.478 e. The SMILES string of the molecule is C/C(=C\c1ccc(C(=O)O)cc1C)c1ccc2c(c1)C(C)(C)CCC2(C)C. The van der Waals surface area contributed by atoms with Crippen LogP contribution in [0.4, 0.5) is 0 Å². The van der Waals surface area contributed by atoms with Crippen LogP contribution in [0.5, 0.6) is 0 Å². The highest BCUT2D eigenvalue weighted by atomic mass is 16.4.